The minimum atomic E-state index is -0.883. The molecule has 1 saturated carbocycles. The number of carbonyl (C=O) groups is 2. The Labute approximate surface area is 97.1 Å². The highest BCUT2D eigenvalue weighted by Gasteiger charge is 2.52. The van der Waals surface area contributed by atoms with Crippen LogP contribution in [-0.4, -0.2) is 16.9 Å². The van der Waals surface area contributed by atoms with Crippen LogP contribution < -0.4 is 0 Å². The molecule has 3 nitrogen and oxygen atoms in total. The number of carboxylic acid groups (broad SMARTS) is 1. The molecule has 0 amide bonds. The van der Waals surface area contributed by atoms with E-state index >= 15 is 0 Å². The second kappa shape index (κ2) is 3.17. The molecule has 0 unspecified atom stereocenters. The Bertz CT molecular complexity index is 457. The quantitative estimate of drug-likeness (QED) is 0.853. The highest BCUT2D eigenvalue weighted by Crippen LogP contribution is 2.46. The third kappa shape index (κ3) is 1.19. The average molecular weight is 236 g/mol. The van der Waals surface area contributed by atoms with Crippen molar-refractivity contribution in [3.05, 3.63) is 21.4 Å². The van der Waals surface area contributed by atoms with E-state index in [9.17, 15) is 14.7 Å². The standard InChI is InChI=1S/C12H12O3S/c13-8-5-12(6-8,11(14)15)10-4-7-2-1-3-9(7)16-10/h4H,1-3,5-6H2,(H,14,15). The zero-order valence-electron chi connectivity index (χ0n) is 8.78. The Kier molecular flexibility index (Phi) is 1.98. The summed E-state index contributed by atoms with van der Waals surface area (Å²) < 4.78 is 0. The zero-order chi connectivity index (χ0) is 11.3. The van der Waals surface area contributed by atoms with Gasteiger partial charge in [-0.2, -0.15) is 0 Å². The molecule has 16 heavy (non-hydrogen) atoms. The first-order valence-electron chi connectivity index (χ1n) is 5.49. The number of thiophene rings is 1. The number of hydrogen-bond acceptors (Lipinski definition) is 3. The van der Waals surface area contributed by atoms with E-state index in [1.807, 2.05) is 6.07 Å². The molecule has 3 rings (SSSR count). The Morgan fingerprint density at radius 3 is 2.69 bits per heavy atom. The second-order valence-corrected chi connectivity index (χ2v) is 5.83. The molecule has 1 aromatic rings. The Morgan fingerprint density at radius 1 is 1.38 bits per heavy atom. The van der Waals surface area contributed by atoms with Crippen LogP contribution >= 0.6 is 11.3 Å². The number of aryl methyl sites for hydroxylation is 2. The molecule has 2 aliphatic rings. The lowest BCUT2D eigenvalue weighted by atomic mass is 9.67. The number of aliphatic carboxylic acids is 1. The molecule has 4 heteroatoms. The third-order valence-electron chi connectivity index (χ3n) is 3.63. The number of Topliss-reactive ketones (excluding diaryl/α,β-unsaturated/α-hetero) is 1. The predicted molar refractivity (Wildman–Crippen MR) is 59.9 cm³/mol. The number of fused-ring (bicyclic) bond motifs is 1. The van der Waals surface area contributed by atoms with Crippen molar-refractivity contribution < 1.29 is 14.7 Å². The summed E-state index contributed by atoms with van der Waals surface area (Å²) in [5, 5.41) is 9.30. The van der Waals surface area contributed by atoms with Gasteiger partial charge in [-0.1, -0.05) is 0 Å². The molecule has 0 saturated heterocycles. The van der Waals surface area contributed by atoms with Crippen LogP contribution in [0.4, 0.5) is 0 Å². The fourth-order valence-electron chi connectivity index (χ4n) is 2.62. The normalized spacial score (nSPS) is 21.6. The summed E-state index contributed by atoms with van der Waals surface area (Å²) in [5.74, 6) is -0.775. The van der Waals surface area contributed by atoms with Crippen LogP contribution in [-0.2, 0) is 27.8 Å². The fourth-order valence-corrected chi connectivity index (χ4v) is 4.05. The lowest BCUT2D eigenvalue weighted by Crippen LogP contribution is -2.47. The molecule has 0 aliphatic heterocycles. The van der Waals surface area contributed by atoms with Crippen LogP contribution in [0.5, 0.6) is 0 Å². The fraction of sp³-hybridized carbons (Fsp3) is 0.500. The molecule has 1 aromatic heterocycles. The van der Waals surface area contributed by atoms with Crippen molar-refractivity contribution in [1.82, 2.24) is 0 Å². The van der Waals surface area contributed by atoms with Gasteiger partial charge in [0.25, 0.3) is 0 Å². The van der Waals surface area contributed by atoms with Gasteiger partial charge in [0.1, 0.15) is 11.2 Å². The van der Waals surface area contributed by atoms with Crippen LogP contribution in [0.25, 0.3) is 0 Å². The van der Waals surface area contributed by atoms with Gasteiger partial charge in [0.05, 0.1) is 0 Å². The van der Waals surface area contributed by atoms with E-state index in [4.69, 9.17) is 0 Å². The SMILES string of the molecule is O=C1CC(C(=O)O)(c2cc3c(s2)CCC3)C1. The van der Waals surface area contributed by atoms with Gasteiger partial charge >= 0.3 is 5.97 Å². The predicted octanol–water partition coefficient (Wildman–Crippen LogP) is 1.92. The number of ketones is 1. The maximum Gasteiger partial charge on any atom is 0.315 e. The van der Waals surface area contributed by atoms with Crippen molar-refractivity contribution in [2.45, 2.75) is 37.5 Å². The van der Waals surface area contributed by atoms with Crippen molar-refractivity contribution in [3.63, 3.8) is 0 Å². The van der Waals surface area contributed by atoms with E-state index in [1.54, 1.807) is 11.3 Å². The summed E-state index contributed by atoms with van der Waals surface area (Å²) in [7, 11) is 0. The maximum atomic E-state index is 11.3. The molecule has 84 valence electrons. The summed E-state index contributed by atoms with van der Waals surface area (Å²) in [6, 6.07) is 2.02. The van der Waals surface area contributed by atoms with Gasteiger partial charge in [-0.25, -0.2) is 0 Å². The monoisotopic (exact) mass is 236 g/mol. The van der Waals surface area contributed by atoms with Crippen molar-refractivity contribution in [2.24, 2.45) is 0 Å². The van der Waals surface area contributed by atoms with E-state index in [-0.39, 0.29) is 18.6 Å². The molecule has 0 bridgehead atoms. The van der Waals surface area contributed by atoms with E-state index < -0.39 is 11.4 Å². The molecule has 0 radical (unpaired) electrons. The molecule has 0 atom stereocenters. The van der Waals surface area contributed by atoms with Gasteiger partial charge in [0.2, 0.25) is 0 Å². The molecule has 0 spiro atoms. The summed E-state index contributed by atoms with van der Waals surface area (Å²) in [6.45, 7) is 0. The van der Waals surface area contributed by atoms with E-state index in [0.29, 0.717) is 0 Å². The van der Waals surface area contributed by atoms with Gasteiger partial charge in [-0.3, -0.25) is 9.59 Å². The van der Waals surface area contributed by atoms with E-state index in [2.05, 4.69) is 0 Å². The Balaban J connectivity index is 2.01. The van der Waals surface area contributed by atoms with Crippen LogP contribution in [0.3, 0.4) is 0 Å². The second-order valence-electron chi connectivity index (χ2n) is 4.69. The lowest BCUT2D eigenvalue weighted by molar-refractivity contribution is -0.153. The number of carbonyl (C=O) groups excluding carboxylic acids is 1. The number of rotatable bonds is 2. The highest BCUT2D eigenvalue weighted by atomic mass is 32.1. The summed E-state index contributed by atoms with van der Waals surface area (Å²) in [5.41, 5.74) is 0.423. The minimum absolute atomic E-state index is 0.0657. The lowest BCUT2D eigenvalue weighted by Gasteiger charge is -2.35. The smallest absolute Gasteiger partial charge is 0.315 e. The highest BCUT2D eigenvalue weighted by molar-refractivity contribution is 7.12. The summed E-state index contributed by atoms with van der Waals surface area (Å²) in [4.78, 5) is 24.7. The average Bonchev–Trinajstić information content (AvgIpc) is 2.70. The van der Waals surface area contributed by atoms with Gasteiger partial charge in [-0.05, 0) is 30.9 Å². The molecular formula is C12H12O3S. The molecule has 1 N–H and O–H groups in total. The third-order valence-corrected chi connectivity index (χ3v) is 5.07. The van der Waals surface area contributed by atoms with Crippen molar-refractivity contribution in [2.75, 3.05) is 0 Å². The molecule has 1 fully saturated rings. The number of carboxylic acids is 1. The maximum absolute atomic E-state index is 11.3. The van der Waals surface area contributed by atoms with Crippen molar-refractivity contribution in [1.29, 1.82) is 0 Å². The summed E-state index contributed by atoms with van der Waals surface area (Å²) in [6.07, 6.45) is 3.68. The van der Waals surface area contributed by atoms with Crippen molar-refractivity contribution in [3.8, 4) is 0 Å². The zero-order valence-corrected chi connectivity index (χ0v) is 9.60. The molecule has 0 aromatic carbocycles. The van der Waals surface area contributed by atoms with Crippen LogP contribution in [0, 0.1) is 0 Å². The minimum Gasteiger partial charge on any atom is -0.481 e. The topological polar surface area (TPSA) is 54.4 Å². The summed E-state index contributed by atoms with van der Waals surface area (Å²) >= 11 is 1.60. The largest absolute Gasteiger partial charge is 0.481 e. The van der Waals surface area contributed by atoms with E-state index in [0.717, 1.165) is 17.7 Å². The van der Waals surface area contributed by atoms with Crippen LogP contribution in [0.15, 0.2) is 6.07 Å². The Hall–Kier alpha value is -1.16. The molecular weight excluding hydrogens is 224 g/mol. The first kappa shape index (κ1) is 10.0. The first-order valence-corrected chi connectivity index (χ1v) is 6.31. The molecule has 2 aliphatic carbocycles. The molecule has 1 heterocycles. The van der Waals surface area contributed by atoms with Gasteiger partial charge < -0.3 is 5.11 Å². The van der Waals surface area contributed by atoms with Gasteiger partial charge in [0, 0.05) is 22.6 Å². The number of hydrogen-bond donors (Lipinski definition) is 1. The van der Waals surface area contributed by atoms with Crippen LogP contribution in [0.2, 0.25) is 0 Å². The van der Waals surface area contributed by atoms with Gasteiger partial charge in [0.15, 0.2) is 0 Å². The van der Waals surface area contributed by atoms with Crippen molar-refractivity contribution >= 4 is 23.1 Å². The van der Waals surface area contributed by atoms with E-state index in [1.165, 1.54) is 16.9 Å². The first-order chi connectivity index (χ1) is 7.62. The Morgan fingerprint density at radius 2 is 2.12 bits per heavy atom. The van der Waals surface area contributed by atoms with Gasteiger partial charge in [-0.15, -0.1) is 11.3 Å². The van der Waals surface area contributed by atoms with Crippen LogP contribution in [0.1, 0.15) is 34.6 Å².